The van der Waals surface area contributed by atoms with Gasteiger partial charge in [0, 0.05) is 46.2 Å². The van der Waals surface area contributed by atoms with E-state index in [9.17, 15) is 4.79 Å². The van der Waals surface area contributed by atoms with Gasteiger partial charge in [0.2, 0.25) is 5.91 Å². The monoisotopic (exact) mass is 491 g/mol. The molecular weight excluding hydrogens is 457 g/mol. The molecule has 0 atom stereocenters. The largest absolute Gasteiger partial charge is 0.361 e. The van der Waals surface area contributed by atoms with Gasteiger partial charge in [0.1, 0.15) is 5.76 Å². The minimum atomic E-state index is -0.318. The number of halogens is 1. The molecule has 1 aromatic rings. The van der Waals surface area contributed by atoms with Gasteiger partial charge >= 0.3 is 0 Å². The Morgan fingerprint density at radius 3 is 2.41 bits per heavy atom. The molecular formula is C19H34IN5O2. The number of carbonyl (C=O) groups is 1. The summed E-state index contributed by atoms with van der Waals surface area (Å²) < 4.78 is 5.42. The summed E-state index contributed by atoms with van der Waals surface area (Å²) in [6.45, 7) is 5.36. The van der Waals surface area contributed by atoms with Crippen LogP contribution in [0.3, 0.4) is 0 Å². The highest BCUT2D eigenvalue weighted by Gasteiger charge is 2.42. The van der Waals surface area contributed by atoms with Gasteiger partial charge in [-0.25, -0.2) is 0 Å². The van der Waals surface area contributed by atoms with Crippen molar-refractivity contribution >= 4 is 35.8 Å². The third kappa shape index (κ3) is 5.58. The van der Waals surface area contributed by atoms with Crippen LogP contribution in [0.5, 0.6) is 0 Å². The highest BCUT2D eigenvalue weighted by molar-refractivity contribution is 14.0. The number of aliphatic imine (C=N–C) groups is 1. The van der Waals surface area contributed by atoms with Crippen molar-refractivity contribution in [2.45, 2.75) is 58.9 Å². The van der Waals surface area contributed by atoms with Crippen LogP contribution in [0.25, 0.3) is 0 Å². The second-order valence-corrected chi connectivity index (χ2v) is 7.20. The number of nitrogens with one attached hydrogen (secondary N) is 2. The van der Waals surface area contributed by atoms with E-state index in [1.807, 2.05) is 14.1 Å². The van der Waals surface area contributed by atoms with E-state index >= 15 is 0 Å². The first kappa shape index (κ1) is 23.7. The van der Waals surface area contributed by atoms with Crippen molar-refractivity contribution < 1.29 is 9.32 Å². The molecule has 1 heterocycles. The summed E-state index contributed by atoms with van der Waals surface area (Å²) in [4.78, 5) is 18.7. The lowest BCUT2D eigenvalue weighted by Crippen LogP contribution is -2.49. The van der Waals surface area contributed by atoms with Crippen LogP contribution in [0.4, 0.5) is 0 Å². The molecule has 1 fully saturated rings. The van der Waals surface area contributed by atoms with Gasteiger partial charge in [-0.1, -0.05) is 31.8 Å². The summed E-state index contributed by atoms with van der Waals surface area (Å²) in [5.74, 6) is 1.83. The van der Waals surface area contributed by atoms with E-state index in [0.717, 1.165) is 55.5 Å². The van der Waals surface area contributed by atoms with Crippen LogP contribution in [-0.4, -0.2) is 49.6 Å². The molecule has 1 saturated carbocycles. The molecule has 0 unspecified atom stereocenters. The predicted octanol–water partition coefficient (Wildman–Crippen LogP) is 2.73. The zero-order valence-corrected chi connectivity index (χ0v) is 19.6. The number of amides is 1. The first-order valence-corrected chi connectivity index (χ1v) is 9.60. The maximum Gasteiger partial charge on any atom is 0.230 e. The van der Waals surface area contributed by atoms with Gasteiger partial charge in [-0.2, -0.15) is 0 Å². The van der Waals surface area contributed by atoms with Gasteiger partial charge < -0.3 is 20.1 Å². The van der Waals surface area contributed by atoms with Crippen LogP contribution in [0.2, 0.25) is 0 Å². The minimum Gasteiger partial charge on any atom is -0.361 e. The first-order valence-electron chi connectivity index (χ1n) is 9.60. The number of nitrogens with zero attached hydrogens (tertiary/aromatic N) is 3. The molecule has 2 N–H and O–H groups in total. The Labute approximate surface area is 179 Å². The van der Waals surface area contributed by atoms with E-state index in [-0.39, 0.29) is 35.3 Å². The minimum absolute atomic E-state index is 0. The Morgan fingerprint density at radius 2 is 1.89 bits per heavy atom. The van der Waals surface area contributed by atoms with Crippen molar-refractivity contribution in [2.75, 3.05) is 27.7 Å². The standard InChI is InChI=1S/C19H33N5O2.HI/c1-6-15-14(16(7-2)26-23-15)12-21-18(20-3)22-13-19(10-8-9-11-19)17(25)24(4)5;/h6-13H2,1-5H3,(H2,20,21,22);1H. The third-order valence-corrected chi connectivity index (χ3v) is 5.28. The lowest BCUT2D eigenvalue weighted by atomic mass is 9.84. The number of aryl methyl sites for hydroxylation is 2. The number of rotatable bonds is 7. The van der Waals surface area contributed by atoms with Crippen molar-refractivity contribution in [3.8, 4) is 0 Å². The normalized spacial score (nSPS) is 16.0. The predicted molar refractivity (Wildman–Crippen MR) is 118 cm³/mol. The molecule has 0 saturated heterocycles. The van der Waals surface area contributed by atoms with Gasteiger partial charge in [0.05, 0.1) is 11.1 Å². The fourth-order valence-corrected chi connectivity index (χ4v) is 3.78. The van der Waals surface area contributed by atoms with Gasteiger partial charge in [-0.15, -0.1) is 24.0 Å². The topological polar surface area (TPSA) is 82.8 Å². The van der Waals surface area contributed by atoms with Crippen molar-refractivity contribution in [3.05, 3.63) is 17.0 Å². The Morgan fingerprint density at radius 1 is 1.22 bits per heavy atom. The van der Waals surface area contributed by atoms with E-state index in [1.54, 1.807) is 11.9 Å². The van der Waals surface area contributed by atoms with Crippen molar-refractivity contribution in [1.82, 2.24) is 20.7 Å². The molecule has 0 bridgehead atoms. The van der Waals surface area contributed by atoms with Crippen molar-refractivity contribution in [3.63, 3.8) is 0 Å². The number of hydrogen-bond acceptors (Lipinski definition) is 4. The lowest BCUT2D eigenvalue weighted by molar-refractivity contribution is -0.138. The average molecular weight is 491 g/mol. The number of aromatic nitrogens is 1. The molecule has 27 heavy (non-hydrogen) atoms. The molecule has 154 valence electrons. The maximum atomic E-state index is 12.7. The van der Waals surface area contributed by atoms with Crippen LogP contribution >= 0.6 is 24.0 Å². The van der Waals surface area contributed by atoms with Crippen molar-refractivity contribution in [2.24, 2.45) is 10.4 Å². The number of carbonyl (C=O) groups excluding carboxylic acids is 1. The third-order valence-electron chi connectivity index (χ3n) is 5.28. The smallest absolute Gasteiger partial charge is 0.230 e. The van der Waals surface area contributed by atoms with Crippen LogP contribution in [0, 0.1) is 5.41 Å². The molecule has 1 aliphatic carbocycles. The Balaban J connectivity index is 0.00000364. The molecule has 1 amide bonds. The quantitative estimate of drug-likeness (QED) is 0.348. The zero-order chi connectivity index (χ0) is 19.2. The van der Waals surface area contributed by atoms with Gasteiger partial charge in [0.15, 0.2) is 5.96 Å². The second kappa shape index (κ2) is 10.9. The van der Waals surface area contributed by atoms with Crippen LogP contribution in [-0.2, 0) is 24.2 Å². The molecule has 7 nitrogen and oxygen atoms in total. The highest BCUT2D eigenvalue weighted by atomic mass is 127. The fourth-order valence-electron chi connectivity index (χ4n) is 3.78. The summed E-state index contributed by atoms with van der Waals surface area (Å²) in [7, 11) is 5.42. The number of guanidine groups is 1. The maximum absolute atomic E-state index is 12.7. The van der Waals surface area contributed by atoms with Crippen LogP contribution < -0.4 is 10.6 Å². The summed E-state index contributed by atoms with van der Waals surface area (Å²) in [6.07, 6.45) is 5.73. The summed E-state index contributed by atoms with van der Waals surface area (Å²) >= 11 is 0. The summed E-state index contributed by atoms with van der Waals surface area (Å²) in [5, 5.41) is 10.9. The van der Waals surface area contributed by atoms with Gasteiger partial charge in [-0.05, 0) is 19.3 Å². The Bertz CT molecular complexity index is 615. The van der Waals surface area contributed by atoms with Crippen molar-refractivity contribution in [1.29, 1.82) is 0 Å². The van der Waals surface area contributed by atoms with E-state index in [0.29, 0.717) is 19.0 Å². The molecule has 1 aliphatic rings. The zero-order valence-electron chi connectivity index (χ0n) is 17.2. The lowest BCUT2D eigenvalue weighted by Gasteiger charge is -2.31. The summed E-state index contributed by atoms with van der Waals surface area (Å²) in [5.41, 5.74) is 1.78. The molecule has 1 aromatic heterocycles. The van der Waals surface area contributed by atoms with E-state index in [2.05, 4.69) is 34.6 Å². The highest BCUT2D eigenvalue weighted by Crippen LogP contribution is 2.38. The second-order valence-electron chi connectivity index (χ2n) is 7.20. The van der Waals surface area contributed by atoms with Gasteiger partial charge in [0.25, 0.3) is 0 Å². The van der Waals surface area contributed by atoms with E-state index in [4.69, 9.17) is 4.52 Å². The Hall–Kier alpha value is -1.32. The molecule has 0 radical (unpaired) electrons. The fraction of sp³-hybridized carbons (Fsp3) is 0.737. The van der Waals surface area contributed by atoms with E-state index in [1.165, 1.54) is 0 Å². The molecule has 0 spiro atoms. The Kier molecular flexibility index (Phi) is 9.55. The molecule has 0 aliphatic heterocycles. The summed E-state index contributed by atoms with van der Waals surface area (Å²) in [6, 6.07) is 0. The number of hydrogen-bond donors (Lipinski definition) is 2. The molecule has 8 heteroatoms. The van der Waals surface area contributed by atoms with Crippen LogP contribution in [0.15, 0.2) is 9.52 Å². The van der Waals surface area contributed by atoms with Gasteiger partial charge in [-0.3, -0.25) is 9.79 Å². The van der Waals surface area contributed by atoms with Crippen LogP contribution in [0.1, 0.15) is 56.5 Å². The SMILES string of the molecule is CCc1noc(CC)c1CNC(=NC)NCC1(C(=O)N(C)C)CCCC1.I. The molecule has 0 aromatic carbocycles. The van der Waals surface area contributed by atoms with E-state index < -0.39 is 0 Å². The molecule has 2 rings (SSSR count). The first-order chi connectivity index (χ1) is 12.5. The average Bonchev–Trinajstić information content (AvgIpc) is 3.28.